The highest BCUT2D eigenvalue weighted by molar-refractivity contribution is 5.54. The largest absolute Gasteiger partial charge is 0.457 e. The van der Waals surface area contributed by atoms with Crippen LogP contribution in [0.4, 0.5) is 35.1 Å². The van der Waals surface area contributed by atoms with Crippen molar-refractivity contribution in [2.45, 2.75) is 19.3 Å². The topological polar surface area (TPSA) is 72.0 Å². The van der Waals surface area contributed by atoms with Crippen LogP contribution in [-0.4, -0.2) is 41.0 Å². The Morgan fingerprint density at radius 1 is 1.08 bits per heavy atom. The minimum absolute atomic E-state index is 0.0218. The molecule has 0 fully saturated rings. The summed E-state index contributed by atoms with van der Waals surface area (Å²) in [7, 11) is 1.50. The lowest BCUT2D eigenvalue weighted by Gasteiger charge is -2.15. The van der Waals surface area contributed by atoms with Crippen LogP contribution >= 0.6 is 0 Å². The van der Waals surface area contributed by atoms with Crippen LogP contribution in [0.5, 0.6) is 6.01 Å². The van der Waals surface area contributed by atoms with Crippen LogP contribution in [-0.2, 0) is 0 Å². The van der Waals surface area contributed by atoms with Gasteiger partial charge in [-0.1, -0.05) is 17.7 Å². The Bertz CT molecular complexity index is 681. The minimum Gasteiger partial charge on any atom is -0.457 e. The first-order chi connectivity index (χ1) is 11.3. The SMILES string of the molecule is CNc1nc(Nc2ccc(C)cc2)nc(OCC(F)(F)C(F)F)n1. The molecular formula is C14H15F4N5O. The molecule has 6 nitrogen and oxygen atoms in total. The Labute approximate surface area is 135 Å². The first kappa shape index (κ1) is 17.7. The maximum absolute atomic E-state index is 12.9. The molecular weight excluding hydrogens is 330 g/mol. The minimum atomic E-state index is -4.29. The molecule has 0 bridgehead atoms. The fourth-order valence-corrected chi connectivity index (χ4v) is 1.58. The average Bonchev–Trinajstić information content (AvgIpc) is 2.55. The van der Waals surface area contributed by atoms with Gasteiger partial charge in [0.1, 0.15) is 0 Å². The quantitative estimate of drug-likeness (QED) is 0.751. The van der Waals surface area contributed by atoms with Gasteiger partial charge in [-0.05, 0) is 19.1 Å². The molecule has 0 radical (unpaired) electrons. The Morgan fingerprint density at radius 2 is 1.71 bits per heavy atom. The van der Waals surface area contributed by atoms with Gasteiger partial charge in [-0.15, -0.1) is 0 Å². The number of benzene rings is 1. The van der Waals surface area contributed by atoms with Gasteiger partial charge >= 0.3 is 18.4 Å². The van der Waals surface area contributed by atoms with E-state index in [0.717, 1.165) is 5.56 Å². The van der Waals surface area contributed by atoms with E-state index in [0.29, 0.717) is 5.69 Å². The summed E-state index contributed by atoms with van der Waals surface area (Å²) < 4.78 is 54.7. The van der Waals surface area contributed by atoms with Gasteiger partial charge in [0.05, 0.1) is 0 Å². The highest BCUT2D eigenvalue weighted by Gasteiger charge is 2.42. The second-order valence-corrected chi connectivity index (χ2v) is 4.86. The molecule has 24 heavy (non-hydrogen) atoms. The Hall–Kier alpha value is -2.65. The fraction of sp³-hybridized carbons (Fsp3) is 0.357. The van der Waals surface area contributed by atoms with Crippen molar-refractivity contribution in [3.05, 3.63) is 29.8 Å². The zero-order chi connectivity index (χ0) is 17.7. The number of nitrogens with one attached hydrogen (secondary N) is 2. The van der Waals surface area contributed by atoms with Crippen molar-refractivity contribution in [1.82, 2.24) is 15.0 Å². The second kappa shape index (κ2) is 7.28. The first-order valence-electron chi connectivity index (χ1n) is 6.86. The molecule has 130 valence electrons. The summed E-state index contributed by atoms with van der Waals surface area (Å²) in [5, 5.41) is 5.45. The van der Waals surface area contributed by atoms with Crippen molar-refractivity contribution in [2.24, 2.45) is 0 Å². The van der Waals surface area contributed by atoms with Crippen LogP contribution in [0.2, 0.25) is 0 Å². The molecule has 0 saturated carbocycles. The number of halogens is 4. The maximum atomic E-state index is 12.9. The van der Waals surface area contributed by atoms with E-state index in [-0.39, 0.29) is 11.9 Å². The molecule has 0 aliphatic rings. The number of hydrogen-bond acceptors (Lipinski definition) is 6. The molecule has 0 spiro atoms. The molecule has 1 aromatic carbocycles. The third kappa shape index (κ3) is 4.67. The number of aromatic nitrogens is 3. The van der Waals surface area contributed by atoms with Gasteiger partial charge in [0.2, 0.25) is 11.9 Å². The predicted molar refractivity (Wildman–Crippen MR) is 80.3 cm³/mol. The van der Waals surface area contributed by atoms with Crippen molar-refractivity contribution in [2.75, 3.05) is 24.3 Å². The van der Waals surface area contributed by atoms with Gasteiger partial charge in [-0.3, -0.25) is 0 Å². The second-order valence-electron chi connectivity index (χ2n) is 4.86. The molecule has 0 aliphatic heterocycles. The summed E-state index contributed by atoms with van der Waals surface area (Å²) in [6.45, 7) is 0.378. The molecule has 0 amide bonds. The van der Waals surface area contributed by atoms with E-state index in [1.54, 1.807) is 12.1 Å². The Kier molecular flexibility index (Phi) is 5.37. The van der Waals surface area contributed by atoms with Crippen LogP contribution in [0, 0.1) is 6.92 Å². The number of ether oxygens (including phenoxy) is 1. The van der Waals surface area contributed by atoms with Gasteiger partial charge < -0.3 is 15.4 Å². The van der Waals surface area contributed by atoms with Gasteiger partial charge in [-0.2, -0.15) is 23.7 Å². The number of hydrogen-bond donors (Lipinski definition) is 2. The normalized spacial score (nSPS) is 11.5. The van der Waals surface area contributed by atoms with Crippen molar-refractivity contribution in [3.63, 3.8) is 0 Å². The molecule has 1 heterocycles. The fourth-order valence-electron chi connectivity index (χ4n) is 1.58. The molecule has 2 aromatic rings. The maximum Gasteiger partial charge on any atom is 0.340 e. The summed E-state index contributed by atoms with van der Waals surface area (Å²) in [5.74, 6) is -4.24. The molecule has 0 atom stereocenters. The summed E-state index contributed by atoms with van der Waals surface area (Å²) in [6, 6.07) is 6.74. The van der Waals surface area contributed by atoms with E-state index in [1.807, 2.05) is 19.1 Å². The summed E-state index contributed by atoms with van der Waals surface area (Å²) >= 11 is 0. The zero-order valence-electron chi connectivity index (χ0n) is 12.9. The lowest BCUT2D eigenvalue weighted by molar-refractivity contribution is -0.149. The zero-order valence-corrected chi connectivity index (χ0v) is 12.9. The van der Waals surface area contributed by atoms with Crippen LogP contribution in [0.15, 0.2) is 24.3 Å². The van der Waals surface area contributed by atoms with Gasteiger partial charge in [0, 0.05) is 12.7 Å². The molecule has 0 aliphatic carbocycles. The van der Waals surface area contributed by atoms with Crippen LogP contribution in [0.1, 0.15) is 5.56 Å². The van der Waals surface area contributed by atoms with Crippen molar-refractivity contribution < 1.29 is 22.3 Å². The molecule has 1 aromatic heterocycles. The Morgan fingerprint density at radius 3 is 2.29 bits per heavy atom. The van der Waals surface area contributed by atoms with E-state index in [1.165, 1.54) is 7.05 Å². The van der Waals surface area contributed by atoms with E-state index in [9.17, 15) is 17.6 Å². The summed E-state index contributed by atoms with van der Waals surface area (Å²) in [4.78, 5) is 11.5. The summed E-state index contributed by atoms with van der Waals surface area (Å²) in [5.41, 5.74) is 1.70. The summed E-state index contributed by atoms with van der Waals surface area (Å²) in [6.07, 6.45) is -3.84. The molecule has 0 saturated heterocycles. The number of rotatable bonds is 7. The molecule has 2 N–H and O–H groups in total. The standard InChI is InChI=1S/C14H15F4N5O/c1-8-3-5-9(6-4-8)20-12-21-11(19-2)22-13(23-12)24-7-14(17,18)10(15)16/h3-6,10H,7H2,1-2H3,(H2,19,20,21,22,23). The smallest absolute Gasteiger partial charge is 0.340 e. The van der Waals surface area contributed by atoms with Crippen LogP contribution in [0.3, 0.4) is 0 Å². The van der Waals surface area contributed by atoms with Crippen molar-refractivity contribution in [1.29, 1.82) is 0 Å². The van der Waals surface area contributed by atoms with Crippen LogP contribution in [0.25, 0.3) is 0 Å². The van der Waals surface area contributed by atoms with E-state index in [4.69, 9.17) is 0 Å². The van der Waals surface area contributed by atoms with E-state index < -0.39 is 25.0 Å². The highest BCUT2D eigenvalue weighted by Crippen LogP contribution is 2.24. The molecule has 2 rings (SSSR count). The highest BCUT2D eigenvalue weighted by atomic mass is 19.3. The average molecular weight is 345 g/mol. The number of anilines is 3. The first-order valence-corrected chi connectivity index (χ1v) is 6.86. The molecule has 0 unspecified atom stereocenters. The third-order valence-corrected chi connectivity index (χ3v) is 2.86. The van der Waals surface area contributed by atoms with Gasteiger partial charge in [-0.25, -0.2) is 8.78 Å². The monoisotopic (exact) mass is 345 g/mol. The van der Waals surface area contributed by atoms with Crippen LogP contribution < -0.4 is 15.4 Å². The third-order valence-electron chi connectivity index (χ3n) is 2.86. The number of nitrogens with zero attached hydrogens (tertiary/aromatic N) is 3. The lowest BCUT2D eigenvalue weighted by atomic mass is 10.2. The molecule has 10 heteroatoms. The number of alkyl halides is 4. The predicted octanol–water partition coefficient (Wildman–Crippen LogP) is 3.24. The Balaban J connectivity index is 2.16. The van der Waals surface area contributed by atoms with Gasteiger partial charge in [0.25, 0.3) is 0 Å². The lowest BCUT2D eigenvalue weighted by Crippen LogP contribution is -2.34. The van der Waals surface area contributed by atoms with Crippen molar-refractivity contribution >= 4 is 17.6 Å². The van der Waals surface area contributed by atoms with E-state index >= 15 is 0 Å². The van der Waals surface area contributed by atoms with Crippen molar-refractivity contribution in [3.8, 4) is 6.01 Å². The van der Waals surface area contributed by atoms with E-state index in [2.05, 4.69) is 30.3 Å². The number of aryl methyl sites for hydroxylation is 1. The van der Waals surface area contributed by atoms with Gasteiger partial charge in [0.15, 0.2) is 6.61 Å².